The number of pyridine rings is 1. The molecule has 2 atom stereocenters. The van der Waals surface area contributed by atoms with Crippen LogP contribution in [0.1, 0.15) is 49.2 Å². The molecule has 1 saturated carbocycles. The van der Waals surface area contributed by atoms with Gasteiger partial charge >= 0.3 is 0 Å². The van der Waals surface area contributed by atoms with Crippen LogP contribution in [0.2, 0.25) is 5.02 Å². The zero-order valence-corrected chi connectivity index (χ0v) is 21.6. The molecule has 6 rings (SSSR count). The molecule has 8 heteroatoms. The lowest BCUT2D eigenvalue weighted by molar-refractivity contribution is 0.210. The van der Waals surface area contributed by atoms with E-state index in [1.165, 1.54) is 18.9 Å². The highest BCUT2D eigenvalue weighted by atomic mass is 35.5. The van der Waals surface area contributed by atoms with Crippen molar-refractivity contribution in [1.29, 1.82) is 0 Å². The minimum atomic E-state index is -0.448. The molecule has 2 fully saturated rings. The van der Waals surface area contributed by atoms with Crippen molar-refractivity contribution in [3.05, 3.63) is 107 Å². The number of rotatable bonds is 6. The lowest BCUT2D eigenvalue weighted by Crippen LogP contribution is -2.30. The summed E-state index contributed by atoms with van der Waals surface area (Å²) in [6.07, 6.45) is 8.71. The van der Waals surface area contributed by atoms with E-state index in [1.54, 1.807) is 18.3 Å². The third kappa shape index (κ3) is 4.69. The van der Waals surface area contributed by atoms with Crippen molar-refractivity contribution in [2.24, 2.45) is 0 Å². The molecule has 0 radical (unpaired) electrons. The Hall–Kier alpha value is -3.42. The molecule has 1 N–H and O–H groups in total. The van der Waals surface area contributed by atoms with Crippen molar-refractivity contribution in [2.75, 3.05) is 4.90 Å². The molecular formula is C29H26ClFN4OS. The first kappa shape index (κ1) is 23.9. The predicted molar refractivity (Wildman–Crippen MR) is 148 cm³/mol. The second-order valence-electron chi connectivity index (χ2n) is 9.42. The Morgan fingerprint density at radius 3 is 2.49 bits per heavy atom. The minimum absolute atomic E-state index is 0.0770. The van der Waals surface area contributed by atoms with Crippen LogP contribution >= 0.6 is 23.8 Å². The van der Waals surface area contributed by atoms with Crippen molar-refractivity contribution in [3.8, 4) is 11.4 Å². The van der Waals surface area contributed by atoms with Gasteiger partial charge in [0.2, 0.25) is 0 Å². The van der Waals surface area contributed by atoms with Crippen molar-refractivity contribution < 1.29 is 9.13 Å². The molecule has 2 unspecified atom stereocenters. The van der Waals surface area contributed by atoms with Crippen LogP contribution in [0.15, 0.2) is 85.2 Å². The van der Waals surface area contributed by atoms with Gasteiger partial charge in [-0.05, 0) is 105 Å². The smallest absolute Gasteiger partial charge is 0.174 e. The topological polar surface area (TPSA) is 42.3 Å². The Morgan fingerprint density at radius 2 is 1.76 bits per heavy atom. The Labute approximate surface area is 225 Å². The number of halogens is 2. The summed E-state index contributed by atoms with van der Waals surface area (Å²) >= 11 is 12.0. The summed E-state index contributed by atoms with van der Waals surface area (Å²) in [7, 11) is 0. The molecule has 2 aromatic carbocycles. The summed E-state index contributed by atoms with van der Waals surface area (Å²) in [4.78, 5) is 6.75. The molecule has 2 aliphatic rings. The van der Waals surface area contributed by atoms with E-state index in [1.807, 2.05) is 59.3 Å². The van der Waals surface area contributed by atoms with Crippen molar-refractivity contribution in [3.63, 3.8) is 0 Å². The maximum atomic E-state index is 13.9. The molecule has 0 bridgehead atoms. The van der Waals surface area contributed by atoms with Gasteiger partial charge < -0.3 is 19.5 Å². The maximum Gasteiger partial charge on any atom is 0.174 e. The molecule has 5 nitrogen and oxygen atoms in total. The first-order valence-corrected chi connectivity index (χ1v) is 13.3. The fourth-order valence-electron chi connectivity index (χ4n) is 5.32. The summed E-state index contributed by atoms with van der Waals surface area (Å²) in [6.45, 7) is 0. The largest absolute Gasteiger partial charge is 0.490 e. The van der Waals surface area contributed by atoms with Gasteiger partial charge in [-0.25, -0.2) is 4.39 Å². The van der Waals surface area contributed by atoms with E-state index in [0.29, 0.717) is 11.2 Å². The maximum absolute atomic E-state index is 13.9. The molecule has 4 aromatic rings. The lowest BCUT2D eigenvalue weighted by Gasteiger charge is -2.29. The Kier molecular flexibility index (Phi) is 6.57. The van der Waals surface area contributed by atoms with E-state index in [9.17, 15) is 4.39 Å². The summed E-state index contributed by atoms with van der Waals surface area (Å²) in [5, 5.41) is 4.18. The molecule has 2 aromatic heterocycles. The number of hydrogen-bond donors (Lipinski definition) is 1. The lowest BCUT2D eigenvalue weighted by atomic mass is 10.0. The van der Waals surface area contributed by atoms with E-state index in [2.05, 4.69) is 21.3 Å². The molecule has 0 amide bonds. The molecular weight excluding hydrogens is 507 g/mol. The zero-order valence-electron chi connectivity index (χ0n) is 20.1. The van der Waals surface area contributed by atoms with Crippen LogP contribution in [0.5, 0.6) is 5.75 Å². The fraction of sp³-hybridized carbons (Fsp3) is 0.241. The second-order valence-corrected chi connectivity index (χ2v) is 10.2. The first-order chi connectivity index (χ1) is 18.1. The zero-order chi connectivity index (χ0) is 25.4. The normalized spacial score (nSPS) is 19.8. The van der Waals surface area contributed by atoms with E-state index in [4.69, 9.17) is 28.6 Å². The monoisotopic (exact) mass is 532 g/mol. The van der Waals surface area contributed by atoms with Gasteiger partial charge in [0.25, 0.3) is 0 Å². The first-order valence-electron chi connectivity index (χ1n) is 12.5. The van der Waals surface area contributed by atoms with Crippen molar-refractivity contribution in [1.82, 2.24) is 14.9 Å². The number of nitrogens with zero attached hydrogens (tertiary/aromatic N) is 3. The summed E-state index contributed by atoms with van der Waals surface area (Å²) < 4.78 is 22.1. The summed E-state index contributed by atoms with van der Waals surface area (Å²) in [6, 6.07) is 22.3. The summed E-state index contributed by atoms with van der Waals surface area (Å²) in [5.41, 5.74) is 3.56. The average molecular weight is 533 g/mol. The second kappa shape index (κ2) is 10.1. The van der Waals surface area contributed by atoms with E-state index < -0.39 is 5.82 Å². The van der Waals surface area contributed by atoms with Gasteiger partial charge in [0.1, 0.15) is 17.6 Å². The van der Waals surface area contributed by atoms with Gasteiger partial charge in [-0.2, -0.15) is 0 Å². The number of thiocarbonyl (C=S) groups is 1. The van der Waals surface area contributed by atoms with Crippen LogP contribution in [-0.2, 0) is 0 Å². The molecule has 1 saturated heterocycles. The van der Waals surface area contributed by atoms with Gasteiger partial charge in [-0.3, -0.25) is 4.98 Å². The highest BCUT2D eigenvalue weighted by Crippen LogP contribution is 2.42. The van der Waals surface area contributed by atoms with Gasteiger partial charge in [0.15, 0.2) is 5.11 Å². The standard InChI is InChI=1S/C29H26ClFN4OS/c30-23-18-20(12-15-24(23)31)34-17-5-9-26(34)28-27(25-8-3-4-16-32-25)33-29(37)35(28)19-10-13-22(14-11-19)36-21-6-1-2-7-21/h3-5,8-18,21,27-28H,1-2,6-7H2,(H,33,37). The Morgan fingerprint density at radius 1 is 0.973 bits per heavy atom. The number of hydrogen-bond acceptors (Lipinski definition) is 3. The van der Waals surface area contributed by atoms with Crippen LogP contribution < -0.4 is 15.0 Å². The quantitative estimate of drug-likeness (QED) is 0.267. The van der Waals surface area contributed by atoms with Gasteiger partial charge in [0, 0.05) is 29.5 Å². The molecule has 188 valence electrons. The minimum Gasteiger partial charge on any atom is -0.490 e. The Bertz CT molecular complexity index is 1410. The average Bonchev–Trinajstić information content (AvgIpc) is 3.67. The van der Waals surface area contributed by atoms with Crippen molar-refractivity contribution >= 4 is 34.6 Å². The predicted octanol–water partition coefficient (Wildman–Crippen LogP) is 7.16. The van der Waals surface area contributed by atoms with Crippen LogP contribution in [0.4, 0.5) is 10.1 Å². The summed E-state index contributed by atoms with van der Waals surface area (Å²) in [5.74, 6) is 0.423. The number of aromatic nitrogens is 2. The van der Waals surface area contributed by atoms with Gasteiger partial charge in [-0.1, -0.05) is 17.7 Å². The molecule has 37 heavy (non-hydrogen) atoms. The van der Waals surface area contributed by atoms with Gasteiger partial charge in [-0.15, -0.1) is 0 Å². The van der Waals surface area contributed by atoms with E-state index in [0.717, 1.165) is 41.4 Å². The number of nitrogens with one attached hydrogen (secondary N) is 1. The molecule has 1 aliphatic heterocycles. The van der Waals surface area contributed by atoms with Gasteiger partial charge in [0.05, 0.1) is 22.9 Å². The van der Waals surface area contributed by atoms with Crippen LogP contribution in [-0.4, -0.2) is 20.8 Å². The number of benzene rings is 2. The third-order valence-corrected chi connectivity index (χ3v) is 7.69. The number of ether oxygens (including phenoxy) is 1. The SMILES string of the molecule is Fc1ccc(-n2cccc2C2C(c3ccccn3)NC(=S)N2c2ccc(OC3CCCC3)cc2)cc1Cl. The third-order valence-electron chi connectivity index (χ3n) is 7.08. The van der Waals surface area contributed by atoms with Crippen LogP contribution in [0.3, 0.4) is 0 Å². The number of anilines is 1. The van der Waals surface area contributed by atoms with Crippen LogP contribution in [0, 0.1) is 5.82 Å². The van der Waals surface area contributed by atoms with Crippen LogP contribution in [0.25, 0.3) is 5.69 Å². The molecule has 0 spiro atoms. The highest BCUT2D eigenvalue weighted by Gasteiger charge is 2.42. The fourth-order valence-corrected chi connectivity index (χ4v) is 5.84. The Balaban J connectivity index is 1.40. The molecule has 3 heterocycles. The van der Waals surface area contributed by atoms with E-state index in [-0.39, 0.29) is 17.1 Å². The van der Waals surface area contributed by atoms with Crippen molar-refractivity contribution in [2.45, 2.75) is 43.9 Å². The highest BCUT2D eigenvalue weighted by molar-refractivity contribution is 7.80. The van der Waals surface area contributed by atoms with E-state index >= 15 is 0 Å². The molecule has 1 aliphatic carbocycles.